The lowest BCUT2D eigenvalue weighted by Crippen LogP contribution is -2.34. The van der Waals surface area contributed by atoms with E-state index < -0.39 is 6.10 Å². The van der Waals surface area contributed by atoms with Gasteiger partial charge in [0.1, 0.15) is 0 Å². The second kappa shape index (κ2) is 7.56. The highest BCUT2D eigenvalue weighted by Gasteiger charge is 2.14. The van der Waals surface area contributed by atoms with Crippen LogP contribution in [0.15, 0.2) is 30.3 Å². The van der Waals surface area contributed by atoms with Gasteiger partial charge in [0.15, 0.2) is 0 Å². The second-order valence-corrected chi connectivity index (χ2v) is 7.35. The summed E-state index contributed by atoms with van der Waals surface area (Å²) < 4.78 is 0.0833. The molecule has 1 atom stereocenters. The normalized spacial score (nSPS) is 13.1. The summed E-state index contributed by atoms with van der Waals surface area (Å²) in [6.45, 7) is 6.54. The van der Waals surface area contributed by atoms with Crippen LogP contribution in [-0.2, 0) is 11.2 Å². The SMILES string of the molecule is CC(C)(C)SCC(=O)NCC(O)Cc1ccccc1. The number of nitrogens with one attached hydrogen (secondary N) is 1. The zero-order valence-electron chi connectivity index (χ0n) is 11.8. The fraction of sp³-hybridized carbons (Fsp3) is 0.533. The molecule has 3 nitrogen and oxygen atoms in total. The Morgan fingerprint density at radius 3 is 2.53 bits per heavy atom. The number of hydrogen-bond acceptors (Lipinski definition) is 3. The van der Waals surface area contributed by atoms with Crippen molar-refractivity contribution < 1.29 is 9.90 Å². The minimum atomic E-state index is -0.536. The summed E-state index contributed by atoms with van der Waals surface area (Å²) in [5.74, 6) is 0.411. The Balaban J connectivity index is 2.23. The van der Waals surface area contributed by atoms with Crippen molar-refractivity contribution in [3.8, 4) is 0 Å². The average Bonchev–Trinajstić information content (AvgIpc) is 2.34. The summed E-state index contributed by atoms with van der Waals surface area (Å²) in [6, 6.07) is 9.78. The predicted octanol–water partition coefficient (Wildman–Crippen LogP) is 2.24. The minimum absolute atomic E-state index is 0.0213. The van der Waals surface area contributed by atoms with E-state index in [0.29, 0.717) is 18.7 Å². The number of aliphatic hydroxyl groups excluding tert-OH is 1. The van der Waals surface area contributed by atoms with Crippen molar-refractivity contribution in [1.29, 1.82) is 0 Å². The molecular formula is C15H23NO2S. The number of carbonyl (C=O) groups is 1. The number of benzene rings is 1. The third kappa shape index (κ3) is 7.90. The fourth-order valence-electron chi connectivity index (χ4n) is 1.52. The monoisotopic (exact) mass is 281 g/mol. The number of aliphatic hydroxyl groups is 1. The van der Waals surface area contributed by atoms with Gasteiger partial charge in [-0.05, 0) is 5.56 Å². The number of rotatable bonds is 6. The van der Waals surface area contributed by atoms with Gasteiger partial charge in [-0.15, -0.1) is 11.8 Å². The molecule has 0 saturated carbocycles. The lowest BCUT2D eigenvalue weighted by molar-refractivity contribution is -0.119. The Labute approximate surface area is 119 Å². The highest BCUT2D eigenvalue weighted by Crippen LogP contribution is 2.22. The van der Waals surface area contributed by atoms with Gasteiger partial charge >= 0.3 is 0 Å². The van der Waals surface area contributed by atoms with Crippen LogP contribution in [0.2, 0.25) is 0 Å². The van der Waals surface area contributed by atoms with Crippen molar-refractivity contribution in [1.82, 2.24) is 5.32 Å². The molecule has 0 radical (unpaired) electrons. The van der Waals surface area contributed by atoms with Crippen LogP contribution in [0.4, 0.5) is 0 Å². The lowest BCUT2D eigenvalue weighted by atomic mass is 10.1. The van der Waals surface area contributed by atoms with Gasteiger partial charge in [-0.25, -0.2) is 0 Å². The van der Waals surface area contributed by atoms with Gasteiger partial charge in [-0.3, -0.25) is 4.79 Å². The molecule has 0 heterocycles. The van der Waals surface area contributed by atoms with Crippen molar-refractivity contribution in [2.45, 2.75) is 38.0 Å². The maximum Gasteiger partial charge on any atom is 0.230 e. The summed E-state index contributed by atoms with van der Waals surface area (Å²) in [4.78, 5) is 11.6. The Kier molecular flexibility index (Phi) is 6.38. The molecule has 19 heavy (non-hydrogen) atoms. The van der Waals surface area contributed by atoms with Crippen LogP contribution in [0.25, 0.3) is 0 Å². The van der Waals surface area contributed by atoms with Crippen molar-refractivity contribution in [3.63, 3.8) is 0 Å². The zero-order chi connectivity index (χ0) is 14.3. The van der Waals surface area contributed by atoms with Gasteiger partial charge in [0.25, 0.3) is 0 Å². The highest BCUT2D eigenvalue weighted by atomic mass is 32.2. The Bertz CT molecular complexity index is 387. The van der Waals surface area contributed by atoms with Crippen molar-refractivity contribution in [3.05, 3.63) is 35.9 Å². The first kappa shape index (κ1) is 16.1. The summed E-state index contributed by atoms with van der Waals surface area (Å²) in [5, 5.41) is 12.6. The van der Waals surface area contributed by atoms with Gasteiger partial charge in [0.2, 0.25) is 5.91 Å². The third-order valence-electron chi connectivity index (χ3n) is 2.49. The summed E-state index contributed by atoms with van der Waals surface area (Å²) in [5.41, 5.74) is 1.08. The molecule has 0 aromatic heterocycles. The number of amides is 1. The van der Waals surface area contributed by atoms with Gasteiger partial charge in [0.05, 0.1) is 11.9 Å². The highest BCUT2D eigenvalue weighted by molar-refractivity contribution is 8.01. The maximum atomic E-state index is 11.6. The fourth-order valence-corrected chi connectivity index (χ4v) is 2.19. The second-order valence-electron chi connectivity index (χ2n) is 5.55. The van der Waals surface area contributed by atoms with Gasteiger partial charge in [0, 0.05) is 17.7 Å². The molecule has 0 aliphatic rings. The van der Waals surface area contributed by atoms with Crippen molar-refractivity contribution in [2.75, 3.05) is 12.3 Å². The van der Waals surface area contributed by atoms with E-state index in [1.165, 1.54) is 0 Å². The van der Waals surface area contributed by atoms with Crippen LogP contribution >= 0.6 is 11.8 Å². The molecule has 1 aromatic rings. The van der Waals surface area contributed by atoms with E-state index in [2.05, 4.69) is 26.1 Å². The van der Waals surface area contributed by atoms with Crippen molar-refractivity contribution in [2.24, 2.45) is 0 Å². The Morgan fingerprint density at radius 1 is 1.32 bits per heavy atom. The summed E-state index contributed by atoms with van der Waals surface area (Å²) in [7, 11) is 0. The molecule has 1 rings (SSSR count). The van der Waals surface area contributed by atoms with Crippen LogP contribution in [0.3, 0.4) is 0 Å². The number of thioether (sulfide) groups is 1. The molecule has 1 aromatic carbocycles. The smallest absolute Gasteiger partial charge is 0.230 e. The molecule has 1 amide bonds. The summed E-state index contributed by atoms with van der Waals surface area (Å²) >= 11 is 1.60. The standard InChI is InChI=1S/C15H23NO2S/c1-15(2,3)19-11-14(18)16-10-13(17)9-12-7-5-4-6-8-12/h4-8,13,17H,9-11H2,1-3H3,(H,16,18). The van der Waals surface area contributed by atoms with E-state index in [1.807, 2.05) is 30.3 Å². The first-order valence-electron chi connectivity index (χ1n) is 6.49. The topological polar surface area (TPSA) is 49.3 Å². The lowest BCUT2D eigenvalue weighted by Gasteiger charge is -2.17. The number of carbonyl (C=O) groups excluding carboxylic acids is 1. The maximum absolute atomic E-state index is 11.6. The van der Waals surface area contributed by atoms with Crippen molar-refractivity contribution >= 4 is 17.7 Å². The molecule has 2 N–H and O–H groups in total. The van der Waals surface area contributed by atoms with Crippen LogP contribution < -0.4 is 5.32 Å². The zero-order valence-corrected chi connectivity index (χ0v) is 12.7. The largest absolute Gasteiger partial charge is 0.391 e. The first-order chi connectivity index (χ1) is 8.87. The van der Waals surface area contributed by atoms with Gasteiger partial charge in [-0.2, -0.15) is 0 Å². The molecule has 0 aliphatic heterocycles. The molecule has 1 unspecified atom stereocenters. The predicted molar refractivity (Wildman–Crippen MR) is 81.4 cm³/mol. The molecule has 0 spiro atoms. The van der Waals surface area contributed by atoms with Gasteiger partial charge in [-0.1, -0.05) is 51.1 Å². The van der Waals surface area contributed by atoms with E-state index in [9.17, 15) is 9.90 Å². The molecule has 4 heteroatoms. The molecule has 0 aliphatic carbocycles. The molecular weight excluding hydrogens is 258 g/mol. The van der Waals surface area contributed by atoms with Crippen LogP contribution in [-0.4, -0.2) is 34.2 Å². The Hall–Kier alpha value is -1.00. The van der Waals surface area contributed by atoms with E-state index in [-0.39, 0.29) is 10.7 Å². The third-order valence-corrected chi connectivity index (χ3v) is 3.76. The number of hydrogen-bond donors (Lipinski definition) is 2. The van der Waals surface area contributed by atoms with E-state index in [1.54, 1.807) is 11.8 Å². The van der Waals surface area contributed by atoms with E-state index >= 15 is 0 Å². The van der Waals surface area contributed by atoms with Crippen LogP contribution in [0.1, 0.15) is 26.3 Å². The molecule has 0 saturated heterocycles. The van der Waals surface area contributed by atoms with Gasteiger partial charge < -0.3 is 10.4 Å². The van der Waals surface area contributed by atoms with E-state index in [0.717, 1.165) is 5.56 Å². The quantitative estimate of drug-likeness (QED) is 0.841. The van der Waals surface area contributed by atoms with Crippen LogP contribution in [0, 0.1) is 0 Å². The first-order valence-corrected chi connectivity index (χ1v) is 7.48. The molecule has 0 bridgehead atoms. The Morgan fingerprint density at radius 2 is 1.95 bits per heavy atom. The minimum Gasteiger partial charge on any atom is -0.391 e. The average molecular weight is 281 g/mol. The summed E-state index contributed by atoms with van der Waals surface area (Å²) in [6.07, 6.45) is 0.0269. The molecule has 106 valence electrons. The van der Waals surface area contributed by atoms with Crippen LogP contribution in [0.5, 0.6) is 0 Å². The molecule has 0 fully saturated rings. The van der Waals surface area contributed by atoms with E-state index in [4.69, 9.17) is 0 Å².